The molecule has 0 bridgehead atoms. The van der Waals surface area contributed by atoms with Crippen LogP contribution in [0.1, 0.15) is 20.9 Å². The summed E-state index contributed by atoms with van der Waals surface area (Å²) in [7, 11) is 0. The summed E-state index contributed by atoms with van der Waals surface area (Å²) in [5, 5.41) is 4.51. The van der Waals surface area contributed by atoms with Gasteiger partial charge in [0.2, 0.25) is 0 Å². The lowest BCUT2D eigenvalue weighted by Crippen LogP contribution is -2.11. The van der Waals surface area contributed by atoms with Crippen molar-refractivity contribution in [1.82, 2.24) is 9.97 Å². The Bertz CT molecular complexity index is 1160. The highest BCUT2D eigenvalue weighted by atomic mass is 35.5. The molecular weight excluding hydrogens is 378 g/mol. The highest BCUT2D eigenvalue weighted by Crippen LogP contribution is 2.33. The zero-order valence-electron chi connectivity index (χ0n) is 14.8. The van der Waals surface area contributed by atoms with Gasteiger partial charge in [-0.1, -0.05) is 41.9 Å². The van der Waals surface area contributed by atoms with Crippen LogP contribution in [-0.2, 0) is 0 Å². The second kappa shape index (κ2) is 7.10. The monoisotopic (exact) mass is 393 g/mol. The van der Waals surface area contributed by atoms with Crippen molar-refractivity contribution < 1.29 is 4.79 Å². The molecule has 0 saturated carbocycles. The molecular formula is C21H16ClN3OS. The van der Waals surface area contributed by atoms with Crippen LogP contribution in [0.4, 0.5) is 5.69 Å². The van der Waals surface area contributed by atoms with Crippen molar-refractivity contribution in [2.75, 3.05) is 5.32 Å². The van der Waals surface area contributed by atoms with E-state index in [1.54, 1.807) is 0 Å². The minimum atomic E-state index is -0.134. The molecule has 0 saturated heterocycles. The maximum Gasteiger partial charge on any atom is 0.266 e. The molecule has 0 radical (unpaired) electrons. The fourth-order valence-corrected chi connectivity index (χ4v) is 4.34. The van der Waals surface area contributed by atoms with Gasteiger partial charge in [0, 0.05) is 21.7 Å². The van der Waals surface area contributed by atoms with Crippen LogP contribution >= 0.6 is 22.9 Å². The first-order valence-corrected chi connectivity index (χ1v) is 9.62. The number of thiophene rings is 1. The molecule has 2 aromatic carbocycles. The van der Waals surface area contributed by atoms with Gasteiger partial charge in [-0.15, -0.1) is 11.3 Å². The molecule has 2 heterocycles. The predicted molar refractivity (Wildman–Crippen MR) is 112 cm³/mol. The van der Waals surface area contributed by atoms with Gasteiger partial charge in [0.05, 0.1) is 10.6 Å². The van der Waals surface area contributed by atoms with Crippen molar-refractivity contribution in [3.05, 3.63) is 75.8 Å². The predicted octanol–water partition coefficient (Wildman–Crippen LogP) is 5.88. The number of aromatic nitrogens is 2. The molecule has 0 aliphatic carbocycles. The molecule has 4 rings (SSSR count). The Morgan fingerprint density at radius 2 is 1.81 bits per heavy atom. The average Bonchev–Trinajstić information content (AvgIpc) is 3.00. The molecule has 4 aromatic rings. The molecule has 2 aromatic heterocycles. The van der Waals surface area contributed by atoms with Crippen LogP contribution in [0.5, 0.6) is 0 Å². The molecule has 0 aliphatic rings. The van der Waals surface area contributed by atoms with Gasteiger partial charge in [-0.05, 0) is 43.7 Å². The Morgan fingerprint density at radius 3 is 2.56 bits per heavy atom. The third-order valence-electron chi connectivity index (χ3n) is 4.29. The Labute approximate surface area is 165 Å². The normalized spacial score (nSPS) is 10.9. The minimum Gasteiger partial charge on any atom is -0.321 e. The van der Waals surface area contributed by atoms with E-state index in [1.165, 1.54) is 11.3 Å². The number of para-hydroxylation sites is 1. The van der Waals surface area contributed by atoms with E-state index < -0.39 is 0 Å². The smallest absolute Gasteiger partial charge is 0.266 e. The summed E-state index contributed by atoms with van der Waals surface area (Å²) in [5.41, 5.74) is 3.37. The lowest BCUT2D eigenvalue weighted by molar-refractivity contribution is 0.103. The van der Waals surface area contributed by atoms with Crippen molar-refractivity contribution in [2.45, 2.75) is 13.8 Å². The Morgan fingerprint density at radius 1 is 1.04 bits per heavy atom. The van der Waals surface area contributed by atoms with Crippen LogP contribution in [0.25, 0.3) is 21.6 Å². The first kappa shape index (κ1) is 17.6. The molecule has 134 valence electrons. The fourth-order valence-electron chi connectivity index (χ4n) is 3.02. The summed E-state index contributed by atoms with van der Waals surface area (Å²) in [6.07, 6.45) is 0. The maximum atomic E-state index is 12.7. The number of fused-ring (bicyclic) bond motifs is 1. The van der Waals surface area contributed by atoms with E-state index in [0.717, 1.165) is 32.7 Å². The van der Waals surface area contributed by atoms with E-state index in [2.05, 4.69) is 15.3 Å². The summed E-state index contributed by atoms with van der Waals surface area (Å²) >= 11 is 7.48. The van der Waals surface area contributed by atoms with E-state index in [9.17, 15) is 4.79 Å². The van der Waals surface area contributed by atoms with Crippen LogP contribution in [0.2, 0.25) is 5.02 Å². The van der Waals surface area contributed by atoms with Crippen LogP contribution < -0.4 is 5.32 Å². The third-order valence-corrected chi connectivity index (χ3v) is 5.71. The number of carbonyl (C=O) groups is 1. The molecule has 1 amide bonds. The molecule has 1 N–H and O–H groups in total. The molecule has 0 atom stereocenters. The maximum absolute atomic E-state index is 12.7. The number of rotatable bonds is 3. The largest absolute Gasteiger partial charge is 0.321 e. The number of carbonyl (C=O) groups excluding carboxylic acids is 1. The Kier molecular flexibility index (Phi) is 4.64. The molecule has 6 heteroatoms. The van der Waals surface area contributed by atoms with Gasteiger partial charge in [-0.3, -0.25) is 4.79 Å². The number of nitrogens with one attached hydrogen (secondary N) is 1. The minimum absolute atomic E-state index is 0.134. The number of amides is 1. The molecule has 0 fully saturated rings. The van der Waals surface area contributed by atoms with Crippen molar-refractivity contribution in [1.29, 1.82) is 0 Å². The number of hydrogen-bond acceptors (Lipinski definition) is 4. The molecule has 27 heavy (non-hydrogen) atoms. The van der Waals surface area contributed by atoms with Gasteiger partial charge in [-0.2, -0.15) is 0 Å². The van der Waals surface area contributed by atoms with Crippen LogP contribution in [0.3, 0.4) is 0 Å². The van der Waals surface area contributed by atoms with Gasteiger partial charge in [0.25, 0.3) is 5.91 Å². The highest BCUT2D eigenvalue weighted by Gasteiger charge is 2.19. The van der Waals surface area contributed by atoms with E-state index >= 15 is 0 Å². The number of anilines is 1. The average molecular weight is 394 g/mol. The SMILES string of the molecule is Cc1nc(-c2cccc(Cl)c2)nc2sc(C(=O)Nc3ccccc3)c(C)c12. The second-order valence-corrected chi connectivity index (χ2v) is 7.63. The van der Waals surface area contributed by atoms with Crippen LogP contribution in [-0.4, -0.2) is 15.9 Å². The number of nitrogens with zero attached hydrogens (tertiary/aromatic N) is 2. The van der Waals surface area contributed by atoms with E-state index in [4.69, 9.17) is 11.6 Å². The second-order valence-electron chi connectivity index (χ2n) is 6.20. The lowest BCUT2D eigenvalue weighted by Gasteiger charge is -2.04. The van der Waals surface area contributed by atoms with Crippen molar-refractivity contribution in [3.8, 4) is 11.4 Å². The zero-order chi connectivity index (χ0) is 19.0. The van der Waals surface area contributed by atoms with E-state index in [-0.39, 0.29) is 5.91 Å². The fraction of sp³-hybridized carbons (Fsp3) is 0.0952. The summed E-state index contributed by atoms with van der Waals surface area (Å²) in [6, 6.07) is 16.9. The van der Waals surface area contributed by atoms with Crippen molar-refractivity contribution in [3.63, 3.8) is 0 Å². The van der Waals surface area contributed by atoms with Gasteiger partial charge >= 0.3 is 0 Å². The van der Waals surface area contributed by atoms with Crippen molar-refractivity contribution in [2.24, 2.45) is 0 Å². The quantitative estimate of drug-likeness (QED) is 0.472. The van der Waals surface area contributed by atoms with Crippen LogP contribution in [0, 0.1) is 13.8 Å². The topological polar surface area (TPSA) is 54.9 Å². The number of benzene rings is 2. The first-order valence-electron chi connectivity index (χ1n) is 8.43. The molecule has 4 nitrogen and oxygen atoms in total. The summed E-state index contributed by atoms with van der Waals surface area (Å²) in [5.74, 6) is 0.476. The Balaban J connectivity index is 1.77. The van der Waals surface area contributed by atoms with Crippen molar-refractivity contribution >= 4 is 44.7 Å². The summed E-state index contributed by atoms with van der Waals surface area (Å²) < 4.78 is 0. The number of aryl methyl sites for hydroxylation is 2. The molecule has 0 unspecified atom stereocenters. The zero-order valence-corrected chi connectivity index (χ0v) is 16.4. The van der Waals surface area contributed by atoms with E-state index in [0.29, 0.717) is 15.7 Å². The van der Waals surface area contributed by atoms with E-state index in [1.807, 2.05) is 68.4 Å². The van der Waals surface area contributed by atoms with Crippen LogP contribution in [0.15, 0.2) is 54.6 Å². The molecule has 0 aliphatic heterocycles. The highest BCUT2D eigenvalue weighted by molar-refractivity contribution is 7.20. The third kappa shape index (κ3) is 3.44. The lowest BCUT2D eigenvalue weighted by atomic mass is 10.1. The van der Waals surface area contributed by atoms with Gasteiger partial charge < -0.3 is 5.32 Å². The number of halogens is 1. The number of hydrogen-bond donors (Lipinski definition) is 1. The van der Waals surface area contributed by atoms with Gasteiger partial charge in [0.1, 0.15) is 4.83 Å². The summed E-state index contributed by atoms with van der Waals surface area (Å²) in [6.45, 7) is 3.88. The van der Waals surface area contributed by atoms with Gasteiger partial charge in [0.15, 0.2) is 5.82 Å². The Hall–Kier alpha value is -2.76. The summed E-state index contributed by atoms with van der Waals surface area (Å²) in [4.78, 5) is 23.5. The molecule has 0 spiro atoms. The first-order chi connectivity index (χ1) is 13.0. The van der Waals surface area contributed by atoms with Gasteiger partial charge in [-0.25, -0.2) is 9.97 Å². The standard InChI is InChI=1S/C21H16ClN3OS/c1-12-17-13(2)23-19(14-7-6-8-15(22)11-14)25-21(17)27-18(12)20(26)24-16-9-4-3-5-10-16/h3-11H,1-2H3,(H,24,26).